The third-order valence-corrected chi connectivity index (χ3v) is 4.22. The first-order valence-electron chi connectivity index (χ1n) is 7.35. The fraction of sp³-hybridized carbons (Fsp3) is 0.786. The van der Waals surface area contributed by atoms with E-state index in [4.69, 9.17) is 10.00 Å². The number of carbonyl (C=O) groups is 2. The second kappa shape index (κ2) is 7.38. The van der Waals surface area contributed by atoms with Crippen LogP contribution >= 0.6 is 0 Å². The topological polar surface area (TPSA) is 85.7 Å². The van der Waals surface area contributed by atoms with Gasteiger partial charge in [-0.15, -0.1) is 0 Å². The molecule has 0 aromatic carbocycles. The van der Waals surface area contributed by atoms with E-state index in [-0.39, 0.29) is 30.4 Å². The Kier molecular flexibility index (Phi) is 5.53. The van der Waals surface area contributed by atoms with Crippen LogP contribution in [0, 0.1) is 17.2 Å². The van der Waals surface area contributed by atoms with E-state index < -0.39 is 0 Å². The second-order valence-electron chi connectivity index (χ2n) is 5.50. The van der Waals surface area contributed by atoms with E-state index in [1.165, 1.54) is 7.11 Å². The molecule has 21 heavy (non-hydrogen) atoms. The van der Waals surface area contributed by atoms with Crippen LogP contribution in [0.25, 0.3) is 0 Å². The third kappa shape index (κ3) is 3.93. The van der Waals surface area contributed by atoms with Crippen molar-refractivity contribution in [2.45, 2.75) is 18.9 Å². The number of nitrogens with one attached hydrogen (secondary N) is 1. The minimum absolute atomic E-state index is 0.0421. The lowest BCUT2D eigenvalue weighted by molar-refractivity contribution is -0.149. The van der Waals surface area contributed by atoms with Gasteiger partial charge in [0.05, 0.1) is 25.6 Å². The Hall–Kier alpha value is -1.65. The number of nitrogens with zero attached hydrogens (tertiary/aromatic N) is 3. The maximum atomic E-state index is 12.3. The van der Waals surface area contributed by atoms with Crippen molar-refractivity contribution in [1.29, 1.82) is 5.26 Å². The van der Waals surface area contributed by atoms with Crippen LogP contribution in [0.1, 0.15) is 12.8 Å². The first kappa shape index (κ1) is 15.7. The van der Waals surface area contributed by atoms with E-state index in [0.29, 0.717) is 39.0 Å². The SMILES string of the molecule is COC(=O)C1CCN(C(=O)CN2CCNCC2C#N)CC1. The molecule has 1 atom stereocenters. The molecule has 7 nitrogen and oxygen atoms in total. The largest absolute Gasteiger partial charge is 0.469 e. The molecule has 2 fully saturated rings. The van der Waals surface area contributed by atoms with Crippen molar-refractivity contribution in [3.63, 3.8) is 0 Å². The average molecular weight is 294 g/mol. The van der Waals surface area contributed by atoms with E-state index in [1.807, 2.05) is 4.90 Å². The zero-order valence-corrected chi connectivity index (χ0v) is 12.4. The van der Waals surface area contributed by atoms with Crippen molar-refractivity contribution in [2.75, 3.05) is 46.4 Å². The van der Waals surface area contributed by atoms with Crippen LogP contribution in [-0.2, 0) is 14.3 Å². The summed E-state index contributed by atoms with van der Waals surface area (Å²) in [5.74, 6) is -0.237. The Morgan fingerprint density at radius 3 is 2.67 bits per heavy atom. The molecule has 0 spiro atoms. The molecule has 1 amide bonds. The van der Waals surface area contributed by atoms with Gasteiger partial charge < -0.3 is 15.0 Å². The van der Waals surface area contributed by atoms with Crippen LogP contribution in [0.5, 0.6) is 0 Å². The van der Waals surface area contributed by atoms with Crippen LogP contribution in [0.4, 0.5) is 0 Å². The number of hydrogen-bond acceptors (Lipinski definition) is 6. The Balaban J connectivity index is 1.82. The van der Waals surface area contributed by atoms with Gasteiger partial charge >= 0.3 is 5.97 Å². The summed E-state index contributed by atoms with van der Waals surface area (Å²) in [5.41, 5.74) is 0. The van der Waals surface area contributed by atoms with Gasteiger partial charge in [-0.2, -0.15) is 5.26 Å². The summed E-state index contributed by atoms with van der Waals surface area (Å²) in [7, 11) is 1.40. The van der Waals surface area contributed by atoms with Crippen molar-refractivity contribution in [3.05, 3.63) is 0 Å². The normalized spacial score (nSPS) is 24.4. The van der Waals surface area contributed by atoms with E-state index in [0.717, 1.165) is 6.54 Å². The fourth-order valence-electron chi connectivity index (χ4n) is 2.87. The van der Waals surface area contributed by atoms with E-state index in [2.05, 4.69) is 11.4 Å². The predicted molar refractivity (Wildman–Crippen MR) is 75.2 cm³/mol. The van der Waals surface area contributed by atoms with Crippen molar-refractivity contribution >= 4 is 11.9 Å². The molecule has 2 aliphatic heterocycles. The molecule has 2 rings (SSSR count). The molecule has 0 aromatic heterocycles. The summed E-state index contributed by atoms with van der Waals surface area (Å²) >= 11 is 0. The predicted octanol–water partition coefficient (Wildman–Crippen LogP) is -0.805. The Bertz CT molecular complexity index is 426. The highest BCUT2D eigenvalue weighted by molar-refractivity contribution is 5.79. The van der Waals surface area contributed by atoms with Crippen molar-refractivity contribution < 1.29 is 14.3 Å². The number of piperazine rings is 1. The van der Waals surface area contributed by atoms with Gasteiger partial charge in [-0.1, -0.05) is 0 Å². The molecule has 0 saturated carbocycles. The smallest absolute Gasteiger partial charge is 0.308 e. The zero-order valence-electron chi connectivity index (χ0n) is 12.4. The van der Waals surface area contributed by atoms with Gasteiger partial charge in [-0.25, -0.2) is 0 Å². The Morgan fingerprint density at radius 2 is 2.05 bits per heavy atom. The first-order valence-corrected chi connectivity index (χ1v) is 7.35. The summed E-state index contributed by atoms with van der Waals surface area (Å²) in [5, 5.41) is 12.3. The maximum Gasteiger partial charge on any atom is 0.308 e. The molecule has 7 heteroatoms. The van der Waals surface area contributed by atoms with Crippen molar-refractivity contribution in [2.24, 2.45) is 5.92 Å². The first-order chi connectivity index (χ1) is 10.2. The molecule has 1 N–H and O–H groups in total. The number of carbonyl (C=O) groups excluding carboxylic acids is 2. The summed E-state index contributed by atoms with van der Waals surface area (Å²) < 4.78 is 4.74. The highest BCUT2D eigenvalue weighted by atomic mass is 16.5. The minimum Gasteiger partial charge on any atom is -0.469 e. The highest BCUT2D eigenvalue weighted by Gasteiger charge is 2.30. The van der Waals surface area contributed by atoms with Crippen LogP contribution in [0.3, 0.4) is 0 Å². The Labute approximate surface area is 124 Å². The lowest BCUT2D eigenvalue weighted by Gasteiger charge is -2.35. The van der Waals surface area contributed by atoms with Gasteiger partial charge in [0.2, 0.25) is 5.91 Å². The quantitative estimate of drug-likeness (QED) is 0.686. The number of hydrogen-bond donors (Lipinski definition) is 1. The zero-order chi connectivity index (χ0) is 15.2. The minimum atomic E-state index is -0.240. The molecular weight excluding hydrogens is 272 g/mol. The van der Waals surface area contributed by atoms with Crippen LogP contribution < -0.4 is 5.32 Å². The molecule has 2 aliphatic rings. The second-order valence-corrected chi connectivity index (χ2v) is 5.50. The molecule has 0 bridgehead atoms. The van der Waals surface area contributed by atoms with Gasteiger partial charge in [-0.05, 0) is 12.8 Å². The number of esters is 1. The standard InChI is InChI=1S/C14H22N4O3/c1-21-14(20)11-2-5-17(6-3-11)13(19)10-18-7-4-16-9-12(18)8-15/h11-12,16H,2-7,9-10H2,1H3. The molecule has 0 aromatic rings. The number of methoxy groups -OCH3 is 1. The number of piperidine rings is 1. The number of ether oxygens (including phenoxy) is 1. The highest BCUT2D eigenvalue weighted by Crippen LogP contribution is 2.18. The fourth-order valence-corrected chi connectivity index (χ4v) is 2.87. The monoisotopic (exact) mass is 294 g/mol. The van der Waals surface area contributed by atoms with Crippen LogP contribution in [-0.4, -0.2) is 74.1 Å². The average Bonchev–Trinajstić information content (AvgIpc) is 2.54. The van der Waals surface area contributed by atoms with E-state index >= 15 is 0 Å². The number of nitriles is 1. The van der Waals surface area contributed by atoms with Crippen LogP contribution in [0.15, 0.2) is 0 Å². The van der Waals surface area contributed by atoms with Crippen molar-refractivity contribution in [1.82, 2.24) is 15.1 Å². The molecule has 0 aliphatic carbocycles. The van der Waals surface area contributed by atoms with E-state index in [1.54, 1.807) is 4.90 Å². The third-order valence-electron chi connectivity index (χ3n) is 4.22. The van der Waals surface area contributed by atoms with Crippen LogP contribution in [0.2, 0.25) is 0 Å². The van der Waals surface area contributed by atoms with Gasteiger partial charge in [0.25, 0.3) is 0 Å². The molecular formula is C14H22N4O3. The lowest BCUT2D eigenvalue weighted by Crippen LogP contribution is -2.54. The van der Waals surface area contributed by atoms with Crippen molar-refractivity contribution in [3.8, 4) is 6.07 Å². The number of rotatable bonds is 3. The van der Waals surface area contributed by atoms with Gasteiger partial charge in [0.15, 0.2) is 0 Å². The van der Waals surface area contributed by atoms with Gasteiger partial charge in [-0.3, -0.25) is 14.5 Å². The lowest BCUT2D eigenvalue weighted by atomic mass is 9.97. The van der Waals surface area contributed by atoms with Gasteiger partial charge in [0.1, 0.15) is 6.04 Å². The summed E-state index contributed by atoms with van der Waals surface area (Å²) in [4.78, 5) is 27.5. The van der Waals surface area contributed by atoms with Gasteiger partial charge in [0, 0.05) is 32.7 Å². The maximum absolute atomic E-state index is 12.3. The summed E-state index contributed by atoms with van der Waals surface area (Å²) in [6, 6.07) is 1.98. The summed E-state index contributed by atoms with van der Waals surface area (Å²) in [6.07, 6.45) is 1.31. The summed E-state index contributed by atoms with van der Waals surface area (Å²) in [6.45, 7) is 3.57. The van der Waals surface area contributed by atoms with E-state index in [9.17, 15) is 9.59 Å². The molecule has 1 unspecified atom stereocenters. The molecule has 0 radical (unpaired) electrons. The molecule has 116 valence electrons. The molecule has 2 heterocycles. The molecule has 2 saturated heterocycles. The Morgan fingerprint density at radius 1 is 1.33 bits per heavy atom. The number of likely N-dealkylation sites (tertiary alicyclic amines) is 1. The number of amides is 1.